The lowest BCUT2D eigenvalue weighted by Crippen LogP contribution is -2.22. The monoisotopic (exact) mass is 356 g/mol. The molecule has 8 nitrogen and oxygen atoms in total. The minimum atomic E-state index is -0.919. The first-order chi connectivity index (χ1) is 12.4. The summed E-state index contributed by atoms with van der Waals surface area (Å²) in [5, 5.41) is 40.5. The molecule has 4 N–H and O–H groups in total. The summed E-state index contributed by atoms with van der Waals surface area (Å²) in [6.45, 7) is 0.0288. The highest BCUT2D eigenvalue weighted by atomic mass is 16.7. The van der Waals surface area contributed by atoms with Crippen molar-refractivity contribution in [3.8, 4) is 23.0 Å². The van der Waals surface area contributed by atoms with Crippen LogP contribution in [-0.2, 0) is 4.74 Å². The average Bonchev–Trinajstić information content (AvgIpc) is 3.11. The number of carbonyl (C=O) groups is 2. The topological polar surface area (TPSA) is 134 Å². The lowest BCUT2D eigenvalue weighted by molar-refractivity contribution is -0.0348. The van der Waals surface area contributed by atoms with Gasteiger partial charge in [0.25, 0.3) is 0 Å². The second kappa shape index (κ2) is 4.75. The van der Waals surface area contributed by atoms with E-state index in [0.717, 1.165) is 12.1 Å². The largest absolute Gasteiger partial charge is 0.508 e. The van der Waals surface area contributed by atoms with E-state index in [1.807, 2.05) is 0 Å². The number of benzene rings is 2. The smallest absolute Gasteiger partial charge is 0.209 e. The Balaban J connectivity index is 1.78. The van der Waals surface area contributed by atoms with Gasteiger partial charge in [0.1, 0.15) is 23.0 Å². The molecule has 132 valence electrons. The zero-order chi connectivity index (χ0) is 18.3. The molecule has 0 spiro atoms. The van der Waals surface area contributed by atoms with Gasteiger partial charge in [-0.2, -0.15) is 0 Å². The summed E-state index contributed by atoms with van der Waals surface area (Å²) in [7, 11) is 0. The standard InChI is InChI=1S/C18H12O8/c19-5-1-6-11(8(20)2-5)16(23)12-7(15(6)22)3-10-14(17(12)24)13-9(21)4-25-18(13)26-10/h1-3,9,13,18-21,24H,4H2/t9-,13-,18+/m1/s1. The van der Waals surface area contributed by atoms with Crippen LogP contribution in [0.3, 0.4) is 0 Å². The van der Waals surface area contributed by atoms with Gasteiger partial charge in [0.2, 0.25) is 12.1 Å². The first kappa shape index (κ1) is 15.2. The highest BCUT2D eigenvalue weighted by molar-refractivity contribution is 6.30. The Morgan fingerprint density at radius 1 is 0.962 bits per heavy atom. The second-order valence-corrected chi connectivity index (χ2v) is 6.52. The maximum Gasteiger partial charge on any atom is 0.209 e. The summed E-state index contributed by atoms with van der Waals surface area (Å²) >= 11 is 0. The third kappa shape index (κ3) is 1.69. The number of aromatic hydroxyl groups is 3. The fraction of sp³-hybridized carbons (Fsp3) is 0.222. The number of phenols is 3. The Bertz CT molecular complexity index is 1020. The Morgan fingerprint density at radius 3 is 2.46 bits per heavy atom. The van der Waals surface area contributed by atoms with Crippen LogP contribution in [0.2, 0.25) is 0 Å². The predicted molar refractivity (Wildman–Crippen MR) is 83.9 cm³/mol. The SMILES string of the molecule is O=C1c2cc(O)cc(O)c2C(=O)c2c1cc1c(c2O)[C@@H]2[C@@H](OC[C@H]2O)O1. The van der Waals surface area contributed by atoms with Crippen molar-refractivity contribution in [1.82, 2.24) is 0 Å². The minimum absolute atomic E-state index is 0.0288. The summed E-state index contributed by atoms with van der Waals surface area (Å²) in [4.78, 5) is 25.7. The van der Waals surface area contributed by atoms with Gasteiger partial charge in [0.05, 0.1) is 29.8 Å². The predicted octanol–water partition coefficient (Wildman–Crippen LogP) is 0.772. The van der Waals surface area contributed by atoms with E-state index < -0.39 is 41.4 Å². The number of carbonyl (C=O) groups excluding carboxylic acids is 2. The summed E-state index contributed by atoms with van der Waals surface area (Å²) in [6, 6.07) is 3.36. The summed E-state index contributed by atoms with van der Waals surface area (Å²) in [5.74, 6) is -3.28. The van der Waals surface area contributed by atoms with E-state index in [4.69, 9.17) is 9.47 Å². The Kier molecular flexibility index (Phi) is 2.77. The van der Waals surface area contributed by atoms with Gasteiger partial charge in [-0.3, -0.25) is 9.59 Å². The number of ether oxygens (including phenoxy) is 2. The number of fused-ring (bicyclic) bond motifs is 5. The van der Waals surface area contributed by atoms with E-state index in [9.17, 15) is 30.0 Å². The minimum Gasteiger partial charge on any atom is -0.508 e. The van der Waals surface area contributed by atoms with Crippen molar-refractivity contribution in [2.45, 2.75) is 18.3 Å². The molecule has 0 saturated carbocycles. The van der Waals surface area contributed by atoms with E-state index in [1.165, 1.54) is 6.07 Å². The molecule has 0 radical (unpaired) electrons. The van der Waals surface area contributed by atoms with E-state index in [-0.39, 0.29) is 45.9 Å². The zero-order valence-electron chi connectivity index (χ0n) is 13.1. The molecule has 3 aliphatic rings. The number of rotatable bonds is 0. The van der Waals surface area contributed by atoms with Crippen LogP contribution < -0.4 is 4.74 Å². The molecule has 3 atom stereocenters. The van der Waals surface area contributed by atoms with Gasteiger partial charge < -0.3 is 29.9 Å². The number of aliphatic hydroxyl groups excluding tert-OH is 1. The summed E-state index contributed by atoms with van der Waals surface area (Å²) in [6.07, 6.45) is -1.72. The van der Waals surface area contributed by atoms with Crippen LogP contribution in [-0.4, -0.2) is 51.0 Å². The Hall–Kier alpha value is -3.10. The molecule has 0 amide bonds. The van der Waals surface area contributed by atoms with Crippen LogP contribution in [0.25, 0.3) is 0 Å². The van der Waals surface area contributed by atoms with Crippen molar-refractivity contribution >= 4 is 11.6 Å². The Morgan fingerprint density at radius 2 is 1.69 bits per heavy atom. The fourth-order valence-electron chi connectivity index (χ4n) is 3.93. The van der Waals surface area contributed by atoms with E-state index in [0.29, 0.717) is 0 Å². The molecule has 0 bridgehead atoms. The van der Waals surface area contributed by atoms with E-state index >= 15 is 0 Å². The van der Waals surface area contributed by atoms with Gasteiger partial charge in [0, 0.05) is 22.8 Å². The molecule has 2 aliphatic heterocycles. The molecule has 1 saturated heterocycles. The van der Waals surface area contributed by atoms with Crippen molar-refractivity contribution in [2.24, 2.45) is 0 Å². The third-order valence-corrected chi connectivity index (χ3v) is 5.06. The lowest BCUT2D eigenvalue weighted by atomic mass is 9.80. The third-order valence-electron chi connectivity index (χ3n) is 5.06. The lowest BCUT2D eigenvalue weighted by Gasteiger charge is -2.21. The molecule has 5 rings (SSSR count). The molecule has 1 aliphatic carbocycles. The van der Waals surface area contributed by atoms with Crippen molar-refractivity contribution < 1.29 is 39.5 Å². The van der Waals surface area contributed by atoms with Crippen molar-refractivity contribution in [2.75, 3.05) is 6.61 Å². The van der Waals surface area contributed by atoms with Crippen molar-refractivity contribution in [1.29, 1.82) is 0 Å². The van der Waals surface area contributed by atoms with Gasteiger partial charge in [-0.1, -0.05) is 0 Å². The maximum absolute atomic E-state index is 12.9. The number of hydrogen-bond acceptors (Lipinski definition) is 8. The van der Waals surface area contributed by atoms with Crippen LogP contribution in [0, 0.1) is 0 Å². The number of hydrogen-bond donors (Lipinski definition) is 4. The molecule has 0 unspecified atom stereocenters. The molecule has 2 aromatic rings. The summed E-state index contributed by atoms with van der Waals surface area (Å²) in [5.41, 5.74) is -0.589. The van der Waals surface area contributed by atoms with Crippen molar-refractivity contribution in [3.05, 3.63) is 46.0 Å². The molecule has 0 aromatic heterocycles. The van der Waals surface area contributed by atoms with Gasteiger partial charge in [0.15, 0.2) is 5.78 Å². The van der Waals surface area contributed by atoms with E-state index in [1.54, 1.807) is 0 Å². The van der Waals surface area contributed by atoms with Gasteiger partial charge >= 0.3 is 0 Å². The zero-order valence-corrected chi connectivity index (χ0v) is 13.1. The van der Waals surface area contributed by atoms with Gasteiger partial charge in [-0.05, 0) is 12.1 Å². The van der Waals surface area contributed by atoms with Crippen LogP contribution in [0.4, 0.5) is 0 Å². The molecule has 26 heavy (non-hydrogen) atoms. The van der Waals surface area contributed by atoms with Crippen LogP contribution in [0.1, 0.15) is 43.3 Å². The van der Waals surface area contributed by atoms with Gasteiger partial charge in [-0.15, -0.1) is 0 Å². The first-order valence-corrected chi connectivity index (χ1v) is 7.90. The molecule has 2 aromatic carbocycles. The number of phenolic OH excluding ortho intramolecular Hbond substituents is 3. The fourth-order valence-corrected chi connectivity index (χ4v) is 3.93. The number of ketones is 2. The highest BCUT2D eigenvalue weighted by Gasteiger charge is 2.49. The Labute approximate surface area is 145 Å². The molecular weight excluding hydrogens is 344 g/mol. The van der Waals surface area contributed by atoms with E-state index in [2.05, 4.69) is 0 Å². The average molecular weight is 356 g/mol. The van der Waals surface area contributed by atoms with Crippen LogP contribution in [0.15, 0.2) is 18.2 Å². The van der Waals surface area contributed by atoms with Crippen LogP contribution >= 0.6 is 0 Å². The second-order valence-electron chi connectivity index (χ2n) is 6.52. The molecule has 8 heteroatoms. The normalized spacial score (nSPS) is 25.3. The quantitative estimate of drug-likeness (QED) is 0.464. The number of aliphatic hydroxyl groups is 1. The van der Waals surface area contributed by atoms with Gasteiger partial charge in [-0.25, -0.2) is 0 Å². The highest BCUT2D eigenvalue weighted by Crippen LogP contribution is 2.52. The van der Waals surface area contributed by atoms with Crippen molar-refractivity contribution in [3.63, 3.8) is 0 Å². The summed E-state index contributed by atoms with van der Waals surface area (Å²) < 4.78 is 10.9. The van der Waals surface area contributed by atoms with Crippen LogP contribution in [0.5, 0.6) is 23.0 Å². The maximum atomic E-state index is 12.9. The molecule has 2 heterocycles. The molecule has 1 fully saturated rings. The first-order valence-electron chi connectivity index (χ1n) is 7.90. The molecular formula is C18H12O8.